The second kappa shape index (κ2) is 5.31. The van der Waals surface area contributed by atoms with Gasteiger partial charge in [-0.25, -0.2) is 0 Å². The molecule has 0 aromatic heterocycles. The third-order valence-electron chi connectivity index (χ3n) is 2.99. The quantitative estimate of drug-likeness (QED) is 0.709. The number of hydrogen-bond donors (Lipinski definition) is 1. The molecule has 0 radical (unpaired) electrons. The van der Waals surface area contributed by atoms with Crippen LogP contribution in [-0.4, -0.2) is 37.0 Å². The van der Waals surface area contributed by atoms with E-state index in [-0.39, 0.29) is 11.8 Å². The average molecular weight is 210 g/mol. The number of carbonyl (C=O) groups excluding carboxylic acids is 1. The number of amides is 1. The van der Waals surface area contributed by atoms with Crippen molar-refractivity contribution < 1.29 is 4.79 Å². The summed E-state index contributed by atoms with van der Waals surface area (Å²) in [7, 11) is 0. The van der Waals surface area contributed by atoms with Crippen LogP contribution in [0.3, 0.4) is 0 Å². The predicted molar refractivity (Wildman–Crippen MR) is 62.6 cm³/mol. The summed E-state index contributed by atoms with van der Waals surface area (Å²) in [5.74, 6) is 0.888. The molecular weight excluding hydrogens is 188 g/mol. The molecule has 1 rings (SSSR count). The van der Waals surface area contributed by atoms with Gasteiger partial charge in [0.2, 0.25) is 5.91 Å². The second-order valence-electron chi connectivity index (χ2n) is 4.55. The van der Waals surface area contributed by atoms with Gasteiger partial charge < -0.3 is 10.2 Å². The first-order chi connectivity index (χ1) is 7.06. The van der Waals surface area contributed by atoms with Gasteiger partial charge in [-0.1, -0.05) is 19.1 Å². The summed E-state index contributed by atoms with van der Waals surface area (Å²) in [6.45, 7) is 13.2. The van der Waals surface area contributed by atoms with Crippen molar-refractivity contribution in [3.05, 3.63) is 12.2 Å². The van der Waals surface area contributed by atoms with Crippen LogP contribution in [0.25, 0.3) is 0 Å². The van der Waals surface area contributed by atoms with Crippen molar-refractivity contribution in [2.75, 3.05) is 26.2 Å². The second-order valence-corrected chi connectivity index (χ2v) is 4.55. The Morgan fingerprint density at radius 3 is 2.60 bits per heavy atom. The summed E-state index contributed by atoms with van der Waals surface area (Å²) >= 11 is 0. The Bertz CT molecular complexity index is 250. The normalized spacial score (nSPS) is 25.3. The minimum absolute atomic E-state index is 0.157. The minimum atomic E-state index is 0.157. The molecule has 1 N–H and O–H groups in total. The summed E-state index contributed by atoms with van der Waals surface area (Å²) in [6.07, 6.45) is 0. The molecule has 15 heavy (non-hydrogen) atoms. The lowest BCUT2D eigenvalue weighted by molar-refractivity contribution is -0.135. The fourth-order valence-electron chi connectivity index (χ4n) is 2.05. The summed E-state index contributed by atoms with van der Waals surface area (Å²) in [5, 5.41) is 3.27. The van der Waals surface area contributed by atoms with Gasteiger partial charge in [0.15, 0.2) is 0 Å². The van der Waals surface area contributed by atoms with Gasteiger partial charge in [-0.3, -0.25) is 4.79 Å². The molecule has 0 saturated carbocycles. The van der Waals surface area contributed by atoms with Crippen molar-refractivity contribution >= 4 is 5.91 Å². The molecule has 0 aliphatic carbocycles. The molecule has 2 atom stereocenters. The third kappa shape index (κ3) is 3.06. The zero-order chi connectivity index (χ0) is 11.4. The molecule has 0 spiro atoms. The van der Waals surface area contributed by atoms with Gasteiger partial charge in [-0.05, 0) is 26.3 Å². The highest BCUT2D eigenvalue weighted by Crippen LogP contribution is 2.18. The van der Waals surface area contributed by atoms with Crippen molar-refractivity contribution in [3.8, 4) is 0 Å². The molecule has 2 unspecified atom stereocenters. The lowest BCUT2D eigenvalue weighted by atomic mass is 9.96. The van der Waals surface area contributed by atoms with Crippen LogP contribution >= 0.6 is 0 Å². The number of rotatable bonds is 4. The SMILES string of the molecule is C=C(C)CN(CC)C(=O)C1CNCC1C. The third-order valence-corrected chi connectivity index (χ3v) is 2.99. The summed E-state index contributed by atoms with van der Waals surface area (Å²) in [4.78, 5) is 14.1. The Kier molecular flexibility index (Phi) is 4.33. The zero-order valence-corrected chi connectivity index (χ0v) is 10.0. The van der Waals surface area contributed by atoms with Gasteiger partial charge in [0.1, 0.15) is 0 Å². The van der Waals surface area contributed by atoms with Gasteiger partial charge in [-0.2, -0.15) is 0 Å². The van der Waals surface area contributed by atoms with E-state index in [1.165, 1.54) is 0 Å². The lowest BCUT2D eigenvalue weighted by Gasteiger charge is -2.25. The largest absolute Gasteiger partial charge is 0.339 e. The molecule has 3 nitrogen and oxygen atoms in total. The average Bonchev–Trinajstić information content (AvgIpc) is 2.59. The van der Waals surface area contributed by atoms with Crippen LogP contribution in [-0.2, 0) is 4.79 Å². The molecule has 1 aliphatic heterocycles. The highest BCUT2D eigenvalue weighted by Gasteiger charge is 2.32. The number of hydrogen-bond acceptors (Lipinski definition) is 2. The van der Waals surface area contributed by atoms with E-state index < -0.39 is 0 Å². The molecule has 1 amide bonds. The van der Waals surface area contributed by atoms with Crippen LogP contribution < -0.4 is 5.32 Å². The summed E-state index contributed by atoms with van der Waals surface area (Å²) in [6, 6.07) is 0. The molecule has 1 saturated heterocycles. The number of likely N-dealkylation sites (N-methyl/N-ethyl adjacent to an activating group) is 1. The monoisotopic (exact) mass is 210 g/mol. The Morgan fingerprint density at radius 1 is 1.53 bits per heavy atom. The van der Waals surface area contributed by atoms with Crippen LogP contribution in [0, 0.1) is 11.8 Å². The van der Waals surface area contributed by atoms with E-state index in [0.717, 1.165) is 25.2 Å². The molecular formula is C12H22N2O. The smallest absolute Gasteiger partial charge is 0.227 e. The van der Waals surface area contributed by atoms with Gasteiger partial charge in [-0.15, -0.1) is 0 Å². The maximum absolute atomic E-state index is 12.2. The van der Waals surface area contributed by atoms with E-state index in [9.17, 15) is 4.79 Å². The Labute approximate surface area is 92.5 Å². The van der Waals surface area contributed by atoms with Gasteiger partial charge >= 0.3 is 0 Å². The molecule has 0 bridgehead atoms. The molecule has 86 valence electrons. The fraction of sp³-hybridized carbons (Fsp3) is 0.750. The standard InChI is InChI=1S/C12H22N2O/c1-5-14(8-9(2)3)12(15)11-7-13-6-10(11)4/h10-11,13H,2,5-8H2,1,3-4H3. The topological polar surface area (TPSA) is 32.3 Å². The first kappa shape index (κ1) is 12.2. The first-order valence-corrected chi connectivity index (χ1v) is 5.70. The van der Waals surface area contributed by atoms with Crippen molar-refractivity contribution in [2.45, 2.75) is 20.8 Å². The van der Waals surface area contributed by atoms with Crippen LogP contribution in [0.5, 0.6) is 0 Å². The molecule has 1 aliphatic rings. The molecule has 1 fully saturated rings. The van der Waals surface area contributed by atoms with Gasteiger partial charge in [0, 0.05) is 19.6 Å². The highest BCUT2D eigenvalue weighted by molar-refractivity contribution is 5.80. The summed E-state index contributed by atoms with van der Waals surface area (Å²) < 4.78 is 0. The van der Waals surface area contributed by atoms with E-state index in [1.54, 1.807) is 0 Å². The Hall–Kier alpha value is -0.830. The molecule has 0 aromatic rings. The van der Waals surface area contributed by atoms with Crippen LogP contribution in [0.4, 0.5) is 0 Å². The van der Waals surface area contributed by atoms with Crippen molar-refractivity contribution in [3.63, 3.8) is 0 Å². The van der Waals surface area contributed by atoms with Crippen LogP contribution in [0.1, 0.15) is 20.8 Å². The first-order valence-electron chi connectivity index (χ1n) is 5.70. The molecule has 1 heterocycles. The molecule has 0 aromatic carbocycles. The van der Waals surface area contributed by atoms with E-state index in [0.29, 0.717) is 12.5 Å². The minimum Gasteiger partial charge on any atom is -0.339 e. The Morgan fingerprint density at radius 2 is 2.20 bits per heavy atom. The maximum atomic E-state index is 12.2. The summed E-state index contributed by atoms with van der Waals surface area (Å²) in [5.41, 5.74) is 1.05. The Balaban J connectivity index is 2.59. The van der Waals surface area contributed by atoms with Gasteiger partial charge in [0.05, 0.1) is 5.92 Å². The maximum Gasteiger partial charge on any atom is 0.227 e. The predicted octanol–water partition coefficient (Wildman–Crippen LogP) is 1.27. The zero-order valence-electron chi connectivity index (χ0n) is 10.0. The highest BCUT2D eigenvalue weighted by atomic mass is 16.2. The van der Waals surface area contributed by atoms with Crippen molar-refractivity contribution in [1.82, 2.24) is 10.2 Å². The molecule has 3 heteroatoms. The fourth-order valence-corrected chi connectivity index (χ4v) is 2.05. The number of nitrogens with one attached hydrogen (secondary N) is 1. The van der Waals surface area contributed by atoms with Gasteiger partial charge in [0.25, 0.3) is 0 Å². The van der Waals surface area contributed by atoms with Crippen molar-refractivity contribution in [1.29, 1.82) is 0 Å². The number of carbonyl (C=O) groups is 1. The van der Waals surface area contributed by atoms with Crippen molar-refractivity contribution in [2.24, 2.45) is 11.8 Å². The van der Waals surface area contributed by atoms with E-state index >= 15 is 0 Å². The van der Waals surface area contributed by atoms with Crippen LogP contribution in [0.2, 0.25) is 0 Å². The van der Waals surface area contributed by atoms with E-state index in [2.05, 4.69) is 18.8 Å². The van der Waals surface area contributed by atoms with E-state index in [4.69, 9.17) is 0 Å². The lowest BCUT2D eigenvalue weighted by Crippen LogP contribution is -2.39. The van der Waals surface area contributed by atoms with Crippen LogP contribution in [0.15, 0.2) is 12.2 Å². The van der Waals surface area contributed by atoms with E-state index in [1.807, 2.05) is 18.7 Å². The number of nitrogens with zero attached hydrogens (tertiary/aromatic N) is 1.